The van der Waals surface area contributed by atoms with Gasteiger partial charge < -0.3 is 15.6 Å². The molecule has 0 aromatic rings. The van der Waals surface area contributed by atoms with Crippen LogP contribution < -0.4 is 5.73 Å². The topological polar surface area (TPSA) is 55.5 Å². The van der Waals surface area contributed by atoms with E-state index in [1.54, 1.807) is 20.8 Å². The molecule has 4 heteroatoms. The maximum Gasteiger partial charge on any atom is 0.142 e. The van der Waals surface area contributed by atoms with Gasteiger partial charge in [0.2, 0.25) is 0 Å². The van der Waals surface area contributed by atoms with E-state index in [0.717, 1.165) is 0 Å². The van der Waals surface area contributed by atoms with Crippen LogP contribution in [0, 0.1) is 0 Å². The zero-order valence-electron chi connectivity index (χ0n) is 7.55. The summed E-state index contributed by atoms with van der Waals surface area (Å²) in [6, 6.07) is 0. The van der Waals surface area contributed by atoms with E-state index in [2.05, 4.69) is 0 Å². The van der Waals surface area contributed by atoms with Gasteiger partial charge in [0.05, 0.1) is 0 Å². The second-order valence-corrected chi connectivity index (χ2v) is 3.10. The largest absolute Gasteiger partial charge is 0.386 e. The highest BCUT2D eigenvalue weighted by molar-refractivity contribution is 5.85. The first-order chi connectivity index (χ1) is 4.31. The Bertz CT molecular complexity index is 109. The van der Waals surface area contributed by atoms with Crippen molar-refractivity contribution in [3.8, 4) is 0 Å². The quantitative estimate of drug-likeness (QED) is 0.639. The van der Waals surface area contributed by atoms with Crippen LogP contribution in [0.2, 0.25) is 0 Å². The lowest BCUT2D eigenvalue weighted by Crippen LogP contribution is -2.56. The number of hydrogen-bond donors (Lipinski definition) is 2. The molecule has 0 bridgehead atoms. The number of aliphatic hydroxyl groups is 1. The van der Waals surface area contributed by atoms with Gasteiger partial charge in [-0.1, -0.05) is 0 Å². The van der Waals surface area contributed by atoms with E-state index in [1.165, 1.54) is 0 Å². The van der Waals surface area contributed by atoms with Crippen molar-refractivity contribution < 1.29 is 9.84 Å². The highest BCUT2D eigenvalue weighted by Gasteiger charge is 2.36. The van der Waals surface area contributed by atoms with Crippen molar-refractivity contribution in [3.05, 3.63) is 0 Å². The first-order valence-electron chi connectivity index (χ1n) is 3.46. The average molecular weight is 184 g/mol. The van der Waals surface area contributed by atoms with Gasteiger partial charge in [0, 0.05) is 6.61 Å². The number of ether oxygens (including phenoxy) is 1. The van der Waals surface area contributed by atoms with Crippen LogP contribution in [-0.2, 0) is 4.74 Å². The molecular weight excluding hydrogens is 166 g/mol. The zero-order valence-corrected chi connectivity index (χ0v) is 8.36. The summed E-state index contributed by atoms with van der Waals surface area (Å²) in [6.45, 7) is 7.27. The highest BCUT2D eigenvalue weighted by Crippen LogP contribution is 2.19. The van der Waals surface area contributed by atoms with Gasteiger partial charge in [-0.25, -0.2) is 0 Å². The van der Waals surface area contributed by atoms with Gasteiger partial charge in [-0.05, 0) is 27.7 Å². The summed E-state index contributed by atoms with van der Waals surface area (Å²) in [4.78, 5) is 0. The minimum Gasteiger partial charge on any atom is -0.386 e. The molecule has 0 aliphatic rings. The Morgan fingerprint density at radius 3 is 1.82 bits per heavy atom. The van der Waals surface area contributed by atoms with E-state index in [0.29, 0.717) is 6.61 Å². The Labute approximate surface area is 74.3 Å². The van der Waals surface area contributed by atoms with Gasteiger partial charge >= 0.3 is 0 Å². The van der Waals surface area contributed by atoms with Crippen molar-refractivity contribution >= 4 is 12.4 Å². The van der Waals surface area contributed by atoms with Crippen LogP contribution in [0.15, 0.2) is 0 Å². The van der Waals surface area contributed by atoms with Crippen molar-refractivity contribution in [2.45, 2.75) is 39.0 Å². The van der Waals surface area contributed by atoms with Crippen molar-refractivity contribution in [2.75, 3.05) is 6.61 Å². The summed E-state index contributed by atoms with van der Waals surface area (Å²) in [7, 11) is 0. The lowest BCUT2D eigenvalue weighted by Gasteiger charge is -2.36. The molecule has 1 unspecified atom stereocenters. The molecule has 0 heterocycles. The van der Waals surface area contributed by atoms with Crippen LogP contribution >= 0.6 is 12.4 Å². The Morgan fingerprint density at radius 1 is 1.36 bits per heavy atom. The fourth-order valence-corrected chi connectivity index (χ4v) is 0.476. The summed E-state index contributed by atoms with van der Waals surface area (Å²) in [5.41, 5.74) is 3.68. The molecular formula is C7H18ClNO2. The van der Waals surface area contributed by atoms with Crippen LogP contribution in [0.25, 0.3) is 0 Å². The van der Waals surface area contributed by atoms with E-state index in [-0.39, 0.29) is 12.4 Å². The second-order valence-electron chi connectivity index (χ2n) is 3.10. The molecule has 0 spiro atoms. The van der Waals surface area contributed by atoms with Crippen LogP contribution in [0.5, 0.6) is 0 Å². The molecule has 0 aromatic heterocycles. The molecule has 0 aromatic carbocycles. The standard InChI is InChI=1S/C7H17NO2.ClH/c1-5-10-7(4,8)6(2,3)9;/h9H,5,8H2,1-4H3;1H. The van der Waals surface area contributed by atoms with E-state index in [1.807, 2.05) is 6.92 Å². The van der Waals surface area contributed by atoms with Crippen LogP contribution in [0.4, 0.5) is 0 Å². The third-order valence-corrected chi connectivity index (χ3v) is 1.66. The number of nitrogens with two attached hydrogens (primary N) is 1. The first-order valence-corrected chi connectivity index (χ1v) is 3.46. The number of rotatable bonds is 3. The molecule has 3 nitrogen and oxygen atoms in total. The van der Waals surface area contributed by atoms with Crippen LogP contribution in [0.1, 0.15) is 27.7 Å². The van der Waals surface area contributed by atoms with Crippen molar-refractivity contribution in [1.82, 2.24) is 0 Å². The van der Waals surface area contributed by atoms with E-state index in [4.69, 9.17) is 10.5 Å². The third-order valence-electron chi connectivity index (χ3n) is 1.66. The van der Waals surface area contributed by atoms with Gasteiger partial charge in [-0.15, -0.1) is 12.4 Å². The fraction of sp³-hybridized carbons (Fsp3) is 1.00. The van der Waals surface area contributed by atoms with Crippen molar-refractivity contribution in [3.63, 3.8) is 0 Å². The Kier molecular flexibility index (Phi) is 5.32. The Hall–Kier alpha value is 0.170. The average Bonchev–Trinajstić information content (AvgIpc) is 1.61. The molecule has 0 amide bonds. The van der Waals surface area contributed by atoms with Crippen molar-refractivity contribution in [2.24, 2.45) is 5.73 Å². The van der Waals surface area contributed by atoms with Gasteiger partial charge in [0.25, 0.3) is 0 Å². The highest BCUT2D eigenvalue weighted by atomic mass is 35.5. The lowest BCUT2D eigenvalue weighted by atomic mass is 9.97. The summed E-state index contributed by atoms with van der Waals surface area (Å²) < 4.78 is 5.12. The normalized spacial score (nSPS) is 16.9. The molecule has 0 saturated heterocycles. The van der Waals surface area contributed by atoms with Crippen molar-refractivity contribution in [1.29, 1.82) is 0 Å². The summed E-state index contributed by atoms with van der Waals surface area (Å²) in [5, 5.41) is 9.43. The minimum absolute atomic E-state index is 0. The minimum atomic E-state index is -0.997. The summed E-state index contributed by atoms with van der Waals surface area (Å²) in [5.74, 6) is 0. The smallest absolute Gasteiger partial charge is 0.142 e. The van der Waals surface area contributed by atoms with Gasteiger partial charge in [-0.2, -0.15) is 0 Å². The second kappa shape index (κ2) is 4.26. The number of hydrogen-bond acceptors (Lipinski definition) is 3. The van der Waals surface area contributed by atoms with Gasteiger partial charge in [-0.3, -0.25) is 0 Å². The van der Waals surface area contributed by atoms with Gasteiger partial charge in [0.1, 0.15) is 11.3 Å². The van der Waals surface area contributed by atoms with E-state index in [9.17, 15) is 5.11 Å². The Balaban J connectivity index is 0. The maximum atomic E-state index is 9.43. The predicted octanol–water partition coefficient (Wildman–Crippen LogP) is 0.891. The Morgan fingerprint density at radius 2 is 1.73 bits per heavy atom. The molecule has 70 valence electrons. The zero-order chi connectivity index (χ0) is 8.41. The molecule has 0 radical (unpaired) electrons. The maximum absolute atomic E-state index is 9.43. The first kappa shape index (κ1) is 13.7. The van der Waals surface area contributed by atoms with Crippen LogP contribution in [0.3, 0.4) is 0 Å². The van der Waals surface area contributed by atoms with E-state index < -0.39 is 11.3 Å². The molecule has 3 N–H and O–H groups in total. The van der Waals surface area contributed by atoms with Gasteiger partial charge in [0.15, 0.2) is 0 Å². The predicted molar refractivity (Wildman–Crippen MR) is 47.8 cm³/mol. The fourth-order valence-electron chi connectivity index (χ4n) is 0.476. The molecule has 0 aliphatic heterocycles. The summed E-state index contributed by atoms with van der Waals surface area (Å²) >= 11 is 0. The van der Waals surface area contributed by atoms with E-state index >= 15 is 0 Å². The molecule has 0 rings (SSSR count). The lowest BCUT2D eigenvalue weighted by molar-refractivity contribution is -0.151. The summed E-state index contributed by atoms with van der Waals surface area (Å²) in [6.07, 6.45) is 0. The molecule has 0 saturated carbocycles. The molecule has 0 aliphatic carbocycles. The monoisotopic (exact) mass is 183 g/mol. The SMILES string of the molecule is CCOC(C)(N)C(C)(C)O.Cl. The molecule has 1 atom stereocenters. The molecule has 0 fully saturated rings. The molecule has 11 heavy (non-hydrogen) atoms. The van der Waals surface area contributed by atoms with Crippen LogP contribution in [-0.4, -0.2) is 23.0 Å². The third kappa shape index (κ3) is 3.91. The number of halogens is 1.